The molecule has 0 unspecified atom stereocenters. The third kappa shape index (κ3) is 22.3. The molecule has 9 atom stereocenters. The minimum absolute atomic E-state index is 0.00891. The van der Waals surface area contributed by atoms with Crippen LogP contribution in [0.2, 0.25) is 0 Å². The largest absolute Gasteiger partial charge is 0.497 e. The Morgan fingerprint density at radius 3 is 2.22 bits per heavy atom. The molecule has 2 fully saturated rings. The van der Waals surface area contributed by atoms with Crippen molar-refractivity contribution in [3.8, 4) is 5.75 Å². The van der Waals surface area contributed by atoms with Gasteiger partial charge in [0, 0.05) is 82.1 Å². The number of aromatic nitrogens is 1. The highest BCUT2D eigenvalue weighted by Crippen LogP contribution is 2.32. The van der Waals surface area contributed by atoms with Gasteiger partial charge in [-0.05, 0) is 145 Å². The van der Waals surface area contributed by atoms with Crippen molar-refractivity contribution in [1.82, 2.24) is 57.3 Å². The van der Waals surface area contributed by atoms with Crippen molar-refractivity contribution in [1.29, 1.82) is 0 Å². The molecule has 11 N–H and O–H groups in total. The van der Waals surface area contributed by atoms with E-state index in [-0.39, 0.29) is 83.6 Å². The molecule has 0 spiro atoms. The summed E-state index contributed by atoms with van der Waals surface area (Å²) in [6.07, 6.45) is -1.24. The highest BCUT2D eigenvalue weighted by Gasteiger charge is 2.50. The van der Waals surface area contributed by atoms with Gasteiger partial charge in [0.1, 0.15) is 65.6 Å². The van der Waals surface area contributed by atoms with E-state index in [0.29, 0.717) is 51.7 Å². The third-order valence-corrected chi connectivity index (χ3v) is 18.0. The number of hydrogen-bond donors (Lipinski definition) is 10. The van der Waals surface area contributed by atoms with Crippen LogP contribution in [-0.2, 0) is 106 Å². The number of amides is 10. The molecule has 0 saturated carbocycles. The van der Waals surface area contributed by atoms with E-state index in [0.717, 1.165) is 11.1 Å². The van der Waals surface area contributed by atoms with E-state index >= 15 is 28.4 Å². The summed E-state index contributed by atoms with van der Waals surface area (Å²) in [6.45, 7) is 12.8. The van der Waals surface area contributed by atoms with Crippen molar-refractivity contribution >= 4 is 76.1 Å². The molecule has 1 aromatic heterocycles. The Morgan fingerprint density at radius 2 is 1.52 bits per heavy atom. The van der Waals surface area contributed by atoms with Gasteiger partial charge in [-0.3, -0.25) is 47.9 Å². The molecule has 0 radical (unpaired) electrons. The summed E-state index contributed by atoms with van der Waals surface area (Å²) in [6, 6.07) is 16.0. The molecule has 3 aliphatic rings. The zero-order valence-corrected chi connectivity index (χ0v) is 60.1. The first-order valence-electron chi connectivity index (χ1n) is 34.6. The SMILES string of the molecule is COC(=O)CCC(=O)NCc1ccc(CCNC(=O)[C@]2(C)CCCN2C(=O)[C@H](Cc2ccc(OC)cc2)NC(=O)[C@@H](NC(=O)[C@@H]2[C@@H]3CCN2C(=O)[C@H](Cc2c[nH]c4ccc(F)cc24)NC(=O)[C@@H](NC(=O)[C@H](N)CNC(=O)OC(C)(C)C)Cc2cccc(c2)CNC(=O)CO3)[C@@H](C)OC(C)(C)C)cc1. The molecule has 103 heavy (non-hydrogen) atoms. The van der Waals surface area contributed by atoms with E-state index in [2.05, 4.69) is 52.3 Å². The summed E-state index contributed by atoms with van der Waals surface area (Å²) in [5.41, 5.74) is 7.40. The molecule has 4 bridgehead atoms. The van der Waals surface area contributed by atoms with E-state index < -0.39 is 143 Å². The number of hydrogen-bond acceptors (Lipinski definition) is 17. The maximum atomic E-state index is 15.8. The maximum absolute atomic E-state index is 15.8. The van der Waals surface area contributed by atoms with Crippen molar-refractivity contribution in [2.24, 2.45) is 5.73 Å². The average Bonchev–Trinajstić information content (AvgIpc) is 1.69. The van der Waals surface area contributed by atoms with Gasteiger partial charge in [-0.2, -0.15) is 0 Å². The fourth-order valence-corrected chi connectivity index (χ4v) is 12.7. The Bertz CT molecular complexity index is 3880. The number of nitrogens with zero attached hydrogens (tertiary/aromatic N) is 2. The zero-order valence-electron chi connectivity index (χ0n) is 60.1. The van der Waals surface area contributed by atoms with Gasteiger partial charge in [0.2, 0.25) is 53.2 Å². The van der Waals surface area contributed by atoms with Gasteiger partial charge in [0.05, 0.1) is 38.4 Å². The summed E-state index contributed by atoms with van der Waals surface area (Å²) >= 11 is 0. The van der Waals surface area contributed by atoms with Crippen molar-refractivity contribution in [2.75, 3.05) is 47.0 Å². The number of carbonyl (C=O) groups excluding carboxylic acids is 11. The van der Waals surface area contributed by atoms with E-state index in [1.807, 2.05) is 24.3 Å². The molecule has 3 aliphatic heterocycles. The van der Waals surface area contributed by atoms with Crippen molar-refractivity contribution in [3.63, 3.8) is 0 Å². The number of methoxy groups -OCH3 is 2. The second-order valence-corrected chi connectivity index (χ2v) is 28.3. The highest BCUT2D eigenvalue weighted by molar-refractivity contribution is 5.99. The molecule has 2 saturated heterocycles. The first kappa shape index (κ1) is 78.7. The predicted molar refractivity (Wildman–Crippen MR) is 376 cm³/mol. The molecule has 556 valence electrons. The number of nitrogens with two attached hydrogens (primary N) is 1. The average molecular weight is 1430 g/mol. The molecule has 28 nitrogen and oxygen atoms in total. The third-order valence-electron chi connectivity index (χ3n) is 18.0. The number of aromatic amines is 1. The molecule has 5 aromatic rings. The van der Waals surface area contributed by atoms with Crippen molar-refractivity contribution in [3.05, 3.63) is 136 Å². The van der Waals surface area contributed by atoms with Crippen LogP contribution < -0.4 is 53.0 Å². The summed E-state index contributed by atoms with van der Waals surface area (Å²) in [7, 11) is 2.76. The van der Waals surface area contributed by atoms with E-state index in [9.17, 15) is 28.8 Å². The second kappa shape index (κ2) is 35.3. The lowest BCUT2D eigenvalue weighted by Gasteiger charge is -2.37. The molecule has 4 heterocycles. The van der Waals surface area contributed by atoms with Crippen LogP contribution in [0.3, 0.4) is 0 Å². The smallest absolute Gasteiger partial charge is 0.407 e. The second-order valence-electron chi connectivity index (χ2n) is 28.3. The van der Waals surface area contributed by atoms with Gasteiger partial charge >= 0.3 is 12.1 Å². The number of alkyl carbamates (subject to hydrolysis) is 1. The normalized spacial score (nSPS) is 20.0. The summed E-state index contributed by atoms with van der Waals surface area (Å²) in [4.78, 5) is 162. The lowest BCUT2D eigenvalue weighted by atomic mass is 9.95. The fourth-order valence-electron chi connectivity index (χ4n) is 12.7. The van der Waals surface area contributed by atoms with Crippen LogP contribution >= 0.6 is 0 Å². The number of benzene rings is 4. The van der Waals surface area contributed by atoms with Crippen LogP contribution in [0.1, 0.15) is 121 Å². The lowest BCUT2D eigenvalue weighted by Crippen LogP contribution is -2.64. The Labute approximate surface area is 598 Å². The molecule has 10 amide bonds. The van der Waals surface area contributed by atoms with Crippen LogP contribution in [-0.4, -0.2) is 192 Å². The van der Waals surface area contributed by atoms with Gasteiger partial charge in [-0.15, -0.1) is 0 Å². The maximum Gasteiger partial charge on any atom is 0.407 e. The van der Waals surface area contributed by atoms with Gasteiger partial charge in [-0.25, -0.2) is 9.18 Å². The Kier molecular flexibility index (Phi) is 26.9. The first-order chi connectivity index (χ1) is 48.8. The molecule has 4 aromatic carbocycles. The van der Waals surface area contributed by atoms with E-state index in [1.54, 1.807) is 110 Å². The van der Waals surface area contributed by atoms with E-state index in [4.69, 9.17) is 24.7 Å². The van der Waals surface area contributed by atoms with Crippen LogP contribution in [0.25, 0.3) is 10.9 Å². The molecule has 8 rings (SSSR count). The Morgan fingerprint density at radius 1 is 0.816 bits per heavy atom. The minimum Gasteiger partial charge on any atom is -0.497 e. The first-order valence-corrected chi connectivity index (χ1v) is 34.6. The van der Waals surface area contributed by atoms with Crippen LogP contribution in [0.15, 0.2) is 97.2 Å². The standard InChI is InChI=1S/C74H97FN12O16/c1-43(102-72(2,3)4)62(66(93)84-56(34-45-19-22-51(99-9)23-20-45)69(96)87-31-12-29-74(87,8)70(97)77-30-27-44-15-17-46(18-16-44)38-79-59(88)25-26-61(90)100-10)85-67(94)63-58-28-32-86(63)68(95)57(36-49-40-78-54-24-21-50(75)37-52(49)54)83-65(92)55(82-64(91)53(76)41-81-71(98)103-73(5,6)7)35-47-13-11-14-48(33-47)39-80-60(89)42-101-58/h11,13-24,33,37,40,43,53,55-58,62-63,78H,12,25-32,34-36,38-39,41-42,76H2,1-10H3,(H,77,97)(H,79,88)(H,80,89)(H,81,98)(H,82,91)(H,83,92)(H,84,93)(H,85,94)/t43-,53-,55+,56+,57+,58+,62+,63+,74+/m1/s1. The monoisotopic (exact) mass is 1430 g/mol. The summed E-state index contributed by atoms with van der Waals surface area (Å²) < 4.78 is 43.1. The van der Waals surface area contributed by atoms with Gasteiger partial charge < -0.3 is 86.7 Å². The molecule has 0 aliphatic carbocycles. The molecular weight excluding hydrogens is 1330 g/mol. The Balaban J connectivity index is 1.08. The number of esters is 1. The van der Waals surface area contributed by atoms with Crippen molar-refractivity contribution < 1.29 is 80.8 Å². The minimum atomic E-state index is -1.64. The van der Waals surface area contributed by atoms with Crippen LogP contribution in [0, 0.1) is 5.82 Å². The summed E-state index contributed by atoms with van der Waals surface area (Å²) in [5, 5.41) is 22.7. The number of fused-ring (bicyclic) bond motifs is 5. The van der Waals surface area contributed by atoms with Gasteiger partial charge in [0.15, 0.2) is 0 Å². The zero-order chi connectivity index (χ0) is 74.9. The number of rotatable bonds is 25. The topological polar surface area (TPSA) is 378 Å². The summed E-state index contributed by atoms with van der Waals surface area (Å²) in [5.74, 6) is -6.91. The number of nitrogens with one attached hydrogen (secondary N) is 9. The number of likely N-dealkylation sites (tertiary alicyclic amines) is 1. The van der Waals surface area contributed by atoms with Crippen LogP contribution in [0.4, 0.5) is 9.18 Å². The van der Waals surface area contributed by atoms with E-state index in [1.165, 1.54) is 42.2 Å². The van der Waals surface area contributed by atoms with Crippen molar-refractivity contribution in [2.45, 2.75) is 191 Å². The van der Waals surface area contributed by atoms with Gasteiger partial charge in [0.25, 0.3) is 0 Å². The number of halogens is 1. The number of carbonyl (C=O) groups is 11. The fraction of sp³-hybridized carbons (Fsp3) is 0.500. The molecule has 29 heteroatoms. The van der Waals surface area contributed by atoms with Gasteiger partial charge in [-0.1, -0.05) is 60.7 Å². The molecular formula is C74H97FN12O16. The Hall–Kier alpha value is -10.0. The highest BCUT2D eigenvalue weighted by atomic mass is 19.1. The lowest BCUT2D eigenvalue weighted by molar-refractivity contribution is -0.149. The number of ether oxygens (including phenoxy) is 5. The quantitative estimate of drug-likeness (QED) is 0.0375. The predicted octanol–water partition coefficient (Wildman–Crippen LogP) is 3.26. The van der Waals surface area contributed by atoms with Crippen LogP contribution in [0.5, 0.6) is 5.75 Å². The number of H-pyrrole nitrogens is 1.